The highest BCUT2D eigenvalue weighted by Gasteiger charge is 2.35. The van der Waals surface area contributed by atoms with Crippen molar-refractivity contribution >= 4 is 17.8 Å². The fourth-order valence-corrected chi connectivity index (χ4v) is 8.09. The Morgan fingerprint density at radius 3 is 2.45 bits per heavy atom. The number of hydrogen-bond acceptors (Lipinski definition) is 8. The Labute approximate surface area is 290 Å². The molecule has 1 aliphatic heterocycles. The molecule has 0 aromatic carbocycles. The summed E-state index contributed by atoms with van der Waals surface area (Å²) in [4.78, 5) is 45.5. The zero-order chi connectivity index (χ0) is 33.9. The van der Waals surface area contributed by atoms with E-state index in [9.17, 15) is 9.59 Å². The molecular formula is C39H51N5O5. The lowest BCUT2D eigenvalue weighted by Crippen LogP contribution is -2.44. The number of methoxy groups -OCH3 is 1. The Hall–Kier alpha value is -3.95. The molecule has 0 unspecified atom stereocenters. The van der Waals surface area contributed by atoms with Gasteiger partial charge in [0, 0.05) is 54.8 Å². The number of hydrogen-bond donors (Lipinski definition) is 0. The Balaban J connectivity index is 1.03. The first-order valence-corrected chi connectivity index (χ1v) is 18.5. The number of oxazole rings is 1. The van der Waals surface area contributed by atoms with E-state index in [4.69, 9.17) is 28.8 Å². The number of carbonyl (C=O) groups is 2. The molecular weight excluding hydrogens is 618 g/mol. The fraction of sp³-hybridized carbons (Fsp3) is 0.615. The fourth-order valence-electron chi connectivity index (χ4n) is 8.09. The van der Waals surface area contributed by atoms with Gasteiger partial charge in [0.2, 0.25) is 5.91 Å². The molecule has 3 aliphatic carbocycles. The molecule has 3 saturated carbocycles. The van der Waals surface area contributed by atoms with Crippen LogP contribution in [-0.4, -0.2) is 64.7 Å². The Morgan fingerprint density at radius 1 is 0.959 bits per heavy atom. The molecule has 4 aliphatic rings. The topological polar surface area (TPSA) is 111 Å². The lowest BCUT2D eigenvalue weighted by molar-refractivity contribution is -0.124. The van der Waals surface area contributed by atoms with Crippen LogP contribution in [0.15, 0.2) is 41.1 Å². The van der Waals surface area contributed by atoms with Crippen LogP contribution in [0.25, 0.3) is 11.3 Å². The van der Waals surface area contributed by atoms with E-state index >= 15 is 0 Å². The lowest BCUT2D eigenvalue weighted by atomic mass is 9.79. The van der Waals surface area contributed by atoms with Crippen LogP contribution in [-0.2, 0) is 9.53 Å². The Bertz CT molecular complexity index is 1600. The second-order valence-corrected chi connectivity index (χ2v) is 15.0. The molecule has 10 heteroatoms. The number of rotatable bonds is 9. The quantitative estimate of drug-likeness (QED) is 0.225. The van der Waals surface area contributed by atoms with Crippen LogP contribution in [0.4, 0.5) is 10.6 Å². The summed E-state index contributed by atoms with van der Waals surface area (Å²) in [7, 11) is 1.68. The number of aromatic nitrogens is 3. The molecule has 10 nitrogen and oxygen atoms in total. The molecule has 1 saturated heterocycles. The molecule has 4 heterocycles. The van der Waals surface area contributed by atoms with Gasteiger partial charge in [0.25, 0.3) is 0 Å². The molecule has 2 amide bonds. The Morgan fingerprint density at radius 2 is 1.73 bits per heavy atom. The van der Waals surface area contributed by atoms with Crippen molar-refractivity contribution in [1.29, 1.82) is 0 Å². The van der Waals surface area contributed by atoms with Crippen molar-refractivity contribution in [3.63, 3.8) is 0 Å². The SMILES string of the molecule is COc1ccc(C2CCC(CN(C(=O)C3CCC(OC(=O)N4CCC[C@H](C)C4)CC3)c3cc(-c4coc(C5CC5)n4)ccn3)CC2)nc1C. The Kier molecular flexibility index (Phi) is 10.2. The molecule has 262 valence electrons. The van der Waals surface area contributed by atoms with Crippen molar-refractivity contribution in [3.05, 3.63) is 54.0 Å². The third-order valence-electron chi connectivity index (χ3n) is 11.2. The van der Waals surface area contributed by atoms with E-state index in [1.165, 1.54) is 0 Å². The van der Waals surface area contributed by atoms with Gasteiger partial charge in [0.15, 0.2) is 5.89 Å². The summed E-state index contributed by atoms with van der Waals surface area (Å²) in [6, 6.07) is 8.06. The van der Waals surface area contributed by atoms with Gasteiger partial charge in [-0.1, -0.05) is 6.92 Å². The molecule has 3 aromatic heterocycles. The van der Waals surface area contributed by atoms with Gasteiger partial charge in [0.1, 0.15) is 29.6 Å². The van der Waals surface area contributed by atoms with Crippen molar-refractivity contribution < 1.29 is 23.5 Å². The maximum Gasteiger partial charge on any atom is 0.410 e. The van der Waals surface area contributed by atoms with Gasteiger partial charge >= 0.3 is 6.09 Å². The second-order valence-electron chi connectivity index (χ2n) is 15.0. The molecule has 7 rings (SSSR count). The van der Waals surface area contributed by atoms with Gasteiger partial charge in [-0.15, -0.1) is 0 Å². The van der Waals surface area contributed by atoms with Crippen LogP contribution in [0.3, 0.4) is 0 Å². The molecule has 49 heavy (non-hydrogen) atoms. The maximum atomic E-state index is 14.4. The highest BCUT2D eigenvalue weighted by Crippen LogP contribution is 2.41. The number of ether oxygens (including phenoxy) is 2. The van der Waals surface area contributed by atoms with Crippen molar-refractivity contribution in [2.75, 3.05) is 31.6 Å². The summed E-state index contributed by atoms with van der Waals surface area (Å²) in [5.74, 6) is 3.98. The summed E-state index contributed by atoms with van der Waals surface area (Å²) in [6.45, 7) is 6.35. The average Bonchev–Trinajstić information content (AvgIpc) is 3.86. The summed E-state index contributed by atoms with van der Waals surface area (Å²) < 4.78 is 17.2. The van der Waals surface area contributed by atoms with Crippen molar-refractivity contribution in [1.82, 2.24) is 19.9 Å². The molecule has 3 aromatic rings. The molecule has 0 N–H and O–H groups in total. The molecule has 0 spiro atoms. The minimum absolute atomic E-state index is 0.118. The highest BCUT2D eigenvalue weighted by atomic mass is 16.6. The summed E-state index contributed by atoms with van der Waals surface area (Å²) >= 11 is 0. The van der Waals surface area contributed by atoms with Crippen molar-refractivity contribution in [3.8, 4) is 17.0 Å². The largest absolute Gasteiger partial charge is 0.495 e. The smallest absolute Gasteiger partial charge is 0.410 e. The standard InChI is InChI=1S/C39H51N5O5/c1-25-5-4-20-43(22-25)39(46)49-32-14-12-30(13-15-32)38(45)44(36-21-31(18-19-40-36)34-24-48-37(42-34)29-10-11-29)23-27-6-8-28(9-7-27)33-16-17-35(47-3)26(2)41-33/h16-19,21,24-25,27-30,32H,4-15,20,22-23H2,1-3H3/t25-,27?,28?,30?,32?/m0/s1. The third-order valence-corrected chi connectivity index (χ3v) is 11.2. The van der Waals surface area contributed by atoms with E-state index in [0.29, 0.717) is 61.7 Å². The first-order chi connectivity index (χ1) is 23.8. The van der Waals surface area contributed by atoms with Gasteiger partial charge in [-0.3, -0.25) is 14.7 Å². The minimum atomic E-state index is -0.197. The molecule has 0 radical (unpaired) electrons. The van der Waals surface area contributed by atoms with E-state index < -0.39 is 0 Å². The first kappa shape index (κ1) is 33.5. The van der Waals surface area contributed by atoms with E-state index in [-0.39, 0.29) is 24.0 Å². The predicted octanol–water partition coefficient (Wildman–Crippen LogP) is 8.06. The van der Waals surface area contributed by atoms with Crippen LogP contribution < -0.4 is 9.64 Å². The third kappa shape index (κ3) is 7.94. The van der Waals surface area contributed by atoms with E-state index in [0.717, 1.165) is 98.7 Å². The van der Waals surface area contributed by atoms with Crippen LogP contribution in [0, 0.1) is 24.7 Å². The van der Waals surface area contributed by atoms with Crippen molar-refractivity contribution in [2.24, 2.45) is 17.8 Å². The summed E-state index contributed by atoms with van der Waals surface area (Å²) in [5, 5.41) is 0. The first-order valence-electron chi connectivity index (χ1n) is 18.5. The number of pyridine rings is 2. The minimum Gasteiger partial charge on any atom is -0.495 e. The zero-order valence-electron chi connectivity index (χ0n) is 29.3. The normalized spacial score (nSPS) is 25.9. The number of piperidine rings is 1. The van der Waals surface area contributed by atoms with Gasteiger partial charge in [-0.25, -0.2) is 14.8 Å². The summed E-state index contributed by atoms with van der Waals surface area (Å²) in [5.41, 5.74) is 3.74. The maximum absolute atomic E-state index is 14.4. The molecule has 4 fully saturated rings. The average molecular weight is 670 g/mol. The van der Waals surface area contributed by atoms with Gasteiger partial charge in [-0.05, 0) is 120 Å². The van der Waals surface area contributed by atoms with Crippen LogP contribution in [0.2, 0.25) is 0 Å². The zero-order valence-corrected chi connectivity index (χ0v) is 29.3. The van der Waals surface area contributed by atoms with Crippen molar-refractivity contribution in [2.45, 2.75) is 109 Å². The number of anilines is 1. The number of nitrogens with zero attached hydrogens (tertiary/aromatic N) is 5. The number of amides is 2. The van der Waals surface area contributed by atoms with Gasteiger partial charge in [0.05, 0.1) is 12.8 Å². The van der Waals surface area contributed by atoms with Crippen LogP contribution in [0.5, 0.6) is 5.75 Å². The van der Waals surface area contributed by atoms with Gasteiger partial charge in [-0.2, -0.15) is 0 Å². The second kappa shape index (κ2) is 14.9. The molecule has 1 atom stereocenters. The van der Waals surface area contributed by atoms with Crippen LogP contribution in [0.1, 0.15) is 113 Å². The monoisotopic (exact) mass is 669 g/mol. The molecule has 0 bridgehead atoms. The lowest BCUT2D eigenvalue weighted by Gasteiger charge is -2.36. The predicted molar refractivity (Wildman–Crippen MR) is 186 cm³/mol. The number of aryl methyl sites for hydroxylation is 1. The number of likely N-dealkylation sites (tertiary alicyclic amines) is 1. The van der Waals surface area contributed by atoms with E-state index in [1.54, 1.807) is 19.6 Å². The highest BCUT2D eigenvalue weighted by molar-refractivity contribution is 5.94. The number of carbonyl (C=O) groups excluding carboxylic acids is 2. The van der Waals surface area contributed by atoms with E-state index in [1.807, 2.05) is 34.9 Å². The van der Waals surface area contributed by atoms with E-state index in [2.05, 4.69) is 13.0 Å². The summed E-state index contributed by atoms with van der Waals surface area (Å²) in [6.07, 6.45) is 14.5. The van der Waals surface area contributed by atoms with Crippen LogP contribution >= 0.6 is 0 Å². The van der Waals surface area contributed by atoms with Gasteiger partial charge < -0.3 is 18.8 Å².